The molecule has 2 aliphatic rings. The smallest absolute Gasteiger partial charge is 0.254 e. The molecule has 0 radical (unpaired) electrons. The molecule has 2 heterocycles. The second kappa shape index (κ2) is 8.20. The SMILES string of the molecule is O=C(c1ccc(F)cc1)c1ccccc1C(=O)N1CCCC(C2OCCO2)C1. The number of carbonyl (C=O) groups excluding carboxylic acids is 2. The van der Waals surface area contributed by atoms with E-state index in [2.05, 4.69) is 0 Å². The molecule has 0 bridgehead atoms. The van der Waals surface area contributed by atoms with Crippen LogP contribution in [-0.2, 0) is 9.47 Å². The molecule has 0 saturated carbocycles. The zero-order valence-electron chi connectivity index (χ0n) is 15.5. The predicted octanol–water partition coefficient (Wildman–Crippen LogP) is 3.28. The number of carbonyl (C=O) groups is 2. The van der Waals surface area contributed by atoms with Crippen molar-refractivity contribution >= 4 is 11.7 Å². The second-order valence-electron chi connectivity index (χ2n) is 7.15. The molecular formula is C22H22FNO4. The lowest BCUT2D eigenvalue weighted by molar-refractivity contribution is -0.0969. The van der Waals surface area contributed by atoms with Gasteiger partial charge in [-0.1, -0.05) is 18.2 Å². The third-order valence-electron chi connectivity index (χ3n) is 5.29. The fourth-order valence-corrected chi connectivity index (χ4v) is 3.86. The highest BCUT2D eigenvalue weighted by Crippen LogP contribution is 2.27. The lowest BCUT2D eigenvalue weighted by Crippen LogP contribution is -2.44. The van der Waals surface area contributed by atoms with Crippen molar-refractivity contribution in [1.82, 2.24) is 4.90 Å². The van der Waals surface area contributed by atoms with Crippen molar-refractivity contribution in [3.63, 3.8) is 0 Å². The number of ether oxygens (including phenoxy) is 2. The van der Waals surface area contributed by atoms with E-state index in [1.165, 1.54) is 24.3 Å². The normalized spacial score (nSPS) is 20.3. The summed E-state index contributed by atoms with van der Waals surface area (Å²) in [6.45, 7) is 2.36. The van der Waals surface area contributed by atoms with Crippen LogP contribution >= 0.6 is 0 Å². The van der Waals surface area contributed by atoms with E-state index in [1.807, 2.05) is 0 Å². The molecule has 2 aromatic rings. The molecule has 146 valence electrons. The number of halogens is 1. The summed E-state index contributed by atoms with van der Waals surface area (Å²) in [6, 6.07) is 12.2. The van der Waals surface area contributed by atoms with Crippen molar-refractivity contribution in [3.8, 4) is 0 Å². The van der Waals surface area contributed by atoms with Gasteiger partial charge in [0.25, 0.3) is 5.91 Å². The van der Waals surface area contributed by atoms with Crippen molar-refractivity contribution in [2.75, 3.05) is 26.3 Å². The Morgan fingerprint density at radius 1 is 0.964 bits per heavy atom. The Balaban J connectivity index is 1.56. The van der Waals surface area contributed by atoms with Crippen LogP contribution in [0.2, 0.25) is 0 Å². The summed E-state index contributed by atoms with van der Waals surface area (Å²) >= 11 is 0. The molecule has 0 aliphatic carbocycles. The van der Waals surface area contributed by atoms with E-state index in [1.54, 1.807) is 29.2 Å². The average Bonchev–Trinajstić information content (AvgIpc) is 3.28. The fraction of sp³-hybridized carbons (Fsp3) is 0.364. The summed E-state index contributed by atoms with van der Waals surface area (Å²) in [5.41, 5.74) is 1.05. The van der Waals surface area contributed by atoms with E-state index in [4.69, 9.17) is 9.47 Å². The Labute approximate surface area is 163 Å². The molecule has 1 atom stereocenters. The van der Waals surface area contributed by atoms with Gasteiger partial charge in [-0.3, -0.25) is 9.59 Å². The van der Waals surface area contributed by atoms with Gasteiger partial charge >= 0.3 is 0 Å². The predicted molar refractivity (Wildman–Crippen MR) is 101 cm³/mol. The number of hydrogen-bond donors (Lipinski definition) is 0. The third kappa shape index (κ3) is 3.84. The highest BCUT2D eigenvalue weighted by molar-refractivity contribution is 6.15. The van der Waals surface area contributed by atoms with Gasteiger partial charge in [0, 0.05) is 30.1 Å². The van der Waals surface area contributed by atoms with Gasteiger partial charge < -0.3 is 14.4 Å². The number of amides is 1. The minimum absolute atomic E-state index is 0.139. The Hall–Kier alpha value is -2.57. The maximum Gasteiger partial charge on any atom is 0.254 e. The standard InChI is InChI=1S/C22H22FNO4/c23-17-9-7-15(8-10-17)20(25)18-5-1-2-6-19(18)21(26)24-11-3-4-16(14-24)22-27-12-13-28-22/h1-2,5-10,16,22H,3-4,11-14H2. The third-order valence-corrected chi connectivity index (χ3v) is 5.29. The number of piperidine rings is 1. The summed E-state index contributed by atoms with van der Waals surface area (Å²) in [5.74, 6) is -0.731. The van der Waals surface area contributed by atoms with Gasteiger partial charge in [-0.15, -0.1) is 0 Å². The van der Waals surface area contributed by atoms with Crippen LogP contribution in [0.25, 0.3) is 0 Å². The maximum absolute atomic E-state index is 13.2. The van der Waals surface area contributed by atoms with Crippen LogP contribution in [0.4, 0.5) is 4.39 Å². The fourth-order valence-electron chi connectivity index (χ4n) is 3.86. The molecule has 0 spiro atoms. The minimum Gasteiger partial charge on any atom is -0.350 e. The quantitative estimate of drug-likeness (QED) is 0.761. The van der Waals surface area contributed by atoms with E-state index in [0.717, 1.165) is 12.8 Å². The first-order valence-electron chi connectivity index (χ1n) is 9.55. The van der Waals surface area contributed by atoms with Crippen molar-refractivity contribution < 1.29 is 23.5 Å². The largest absolute Gasteiger partial charge is 0.350 e. The van der Waals surface area contributed by atoms with Crippen LogP contribution in [0.3, 0.4) is 0 Å². The van der Waals surface area contributed by atoms with Gasteiger partial charge in [-0.25, -0.2) is 4.39 Å². The lowest BCUT2D eigenvalue weighted by atomic mass is 9.94. The van der Waals surface area contributed by atoms with Crippen LogP contribution in [0, 0.1) is 11.7 Å². The number of rotatable bonds is 4. The van der Waals surface area contributed by atoms with Crippen LogP contribution in [0.5, 0.6) is 0 Å². The second-order valence-corrected chi connectivity index (χ2v) is 7.15. The molecule has 2 fully saturated rings. The highest BCUT2D eigenvalue weighted by atomic mass is 19.1. The Bertz CT molecular complexity index is 861. The first-order chi connectivity index (χ1) is 13.6. The first-order valence-corrected chi connectivity index (χ1v) is 9.55. The van der Waals surface area contributed by atoms with Gasteiger partial charge in [0.05, 0.1) is 18.8 Å². The molecule has 2 aromatic carbocycles. The van der Waals surface area contributed by atoms with E-state index in [-0.39, 0.29) is 23.9 Å². The number of nitrogens with zero attached hydrogens (tertiary/aromatic N) is 1. The van der Waals surface area contributed by atoms with Crippen LogP contribution in [0.15, 0.2) is 48.5 Å². The number of likely N-dealkylation sites (tertiary alicyclic amines) is 1. The summed E-state index contributed by atoms with van der Waals surface area (Å²) < 4.78 is 24.4. The summed E-state index contributed by atoms with van der Waals surface area (Å²) in [4.78, 5) is 27.9. The summed E-state index contributed by atoms with van der Waals surface area (Å²) in [5, 5.41) is 0. The van der Waals surface area contributed by atoms with E-state index >= 15 is 0 Å². The molecule has 28 heavy (non-hydrogen) atoms. The molecule has 2 aliphatic heterocycles. The molecule has 6 heteroatoms. The van der Waals surface area contributed by atoms with Crippen molar-refractivity contribution in [2.45, 2.75) is 19.1 Å². The molecule has 4 rings (SSSR count). The van der Waals surface area contributed by atoms with Gasteiger partial charge in [-0.2, -0.15) is 0 Å². The van der Waals surface area contributed by atoms with Crippen molar-refractivity contribution in [1.29, 1.82) is 0 Å². The monoisotopic (exact) mass is 383 g/mol. The molecule has 0 aromatic heterocycles. The first kappa shape index (κ1) is 18.8. The zero-order valence-corrected chi connectivity index (χ0v) is 15.5. The van der Waals surface area contributed by atoms with Gasteiger partial charge in [0.15, 0.2) is 12.1 Å². The van der Waals surface area contributed by atoms with Crippen LogP contribution in [-0.4, -0.2) is 49.2 Å². The molecule has 0 N–H and O–H groups in total. The number of hydrogen-bond acceptors (Lipinski definition) is 4. The maximum atomic E-state index is 13.2. The van der Waals surface area contributed by atoms with E-state index in [0.29, 0.717) is 43.0 Å². The van der Waals surface area contributed by atoms with Crippen LogP contribution < -0.4 is 0 Å². The van der Waals surface area contributed by atoms with Crippen molar-refractivity contribution in [2.24, 2.45) is 5.92 Å². The van der Waals surface area contributed by atoms with Gasteiger partial charge in [0.1, 0.15) is 5.82 Å². The molecule has 5 nitrogen and oxygen atoms in total. The van der Waals surface area contributed by atoms with Crippen molar-refractivity contribution in [3.05, 3.63) is 71.0 Å². The number of benzene rings is 2. The van der Waals surface area contributed by atoms with Crippen LogP contribution in [0.1, 0.15) is 39.1 Å². The Morgan fingerprint density at radius 2 is 1.64 bits per heavy atom. The highest BCUT2D eigenvalue weighted by Gasteiger charge is 2.33. The average molecular weight is 383 g/mol. The lowest BCUT2D eigenvalue weighted by Gasteiger charge is -2.35. The Morgan fingerprint density at radius 3 is 2.36 bits per heavy atom. The van der Waals surface area contributed by atoms with E-state index in [9.17, 15) is 14.0 Å². The molecule has 1 amide bonds. The summed E-state index contributed by atoms with van der Waals surface area (Å²) in [6.07, 6.45) is 1.56. The molecule has 1 unspecified atom stereocenters. The molecule has 2 saturated heterocycles. The molecular weight excluding hydrogens is 361 g/mol. The zero-order chi connectivity index (χ0) is 19.5. The minimum atomic E-state index is -0.406. The van der Waals surface area contributed by atoms with E-state index < -0.39 is 5.82 Å². The van der Waals surface area contributed by atoms with Gasteiger partial charge in [0.2, 0.25) is 0 Å². The topological polar surface area (TPSA) is 55.8 Å². The van der Waals surface area contributed by atoms with Gasteiger partial charge in [-0.05, 0) is 43.2 Å². The summed E-state index contributed by atoms with van der Waals surface area (Å²) in [7, 11) is 0. The number of ketones is 1. The Kier molecular flexibility index (Phi) is 5.50.